The summed E-state index contributed by atoms with van der Waals surface area (Å²) in [4.78, 5) is 6.51. The Hall–Kier alpha value is -2.92. The Kier molecular flexibility index (Phi) is 6.04. The largest absolute Gasteiger partial charge is 0.492 e. The maximum absolute atomic E-state index is 7.91. The lowest BCUT2D eigenvalue weighted by Crippen LogP contribution is -2.19. The molecule has 3 rings (SSSR count). The number of likely N-dealkylation sites (N-methyl/N-ethyl adjacent to an activating group) is 1. The number of rotatable bonds is 7. The molecular weight excluding hydrogens is 336 g/mol. The average molecular weight is 362 g/mol. The third-order valence-electron chi connectivity index (χ3n) is 4.53. The molecule has 0 saturated heterocycles. The normalized spacial score (nSPS) is 14.2. The number of hydrogen-bond acceptors (Lipinski definition) is 5. The van der Waals surface area contributed by atoms with Crippen LogP contribution in [0.15, 0.2) is 53.5 Å². The first-order valence-electron chi connectivity index (χ1n) is 9.11. The van der Waals surface area contributed by atoms with Crippen LogP contribution in [0.5, 0.6) is 5.75 Å². The number of aliphatic imine (C=N–C) groups is 1. The average Bonchev–Trinajstić information content (AvgIpc) is 3.03. The van der Waals surface area contributed by atoms with Gasteiger partial charge in [0, 0.05) is 24.2 Å². The van der Waals surface area contributed by atoms with Crippen molar-refractivity contribution >= 4 is 23.3 Å². The Morgan fingerprint density at radius 3 is 2.70 bits per heavy atom. The zero-order chi connectivity index (χ0) is 19.2. The maximum atomic E-state index is 7.91. The van der Waals surface area contributed by atoms with Crippen LogP contribution in [0.25, 0.3) is 5.70 Å². The second-order valence-electron chi connectivity index (χ2n) is 6.90. The summed E-state index contributed by atoms with van der Waals surface area (Å²) < 4.78 is 5.68. The Morgan fingerprint density at radius 2 is 1.96 bits per heavy atom. The minimum atomic E-state index is 0.662. The Labute approximate surface area is 160 Å². The Bertz CT molecular complexity index is 866. The molecule has 140 valence electrons. The highest BCUT2D eigenvalue weighted by atomic mass is 16.5. The molecule has 0 saturated carbocycles. The van der Waals surface area contributed by atoms with Crippen molar-refractivity contribution in [3.05, 3.63) is 65.2 Å². The van der Waals surface area contributed by atoms with Gasteiger partial charge in [-0.1, -0.05) is 12.1 Å². The topological polar surface area (TPSA) is 74.7 Å². The summed E-state index contributed by atoms with van der Waals surface area (Å²) in [5.41, 5.74) is 11.6. The predicted molar refractivity (Wildman–Crippen MR) is 112 cm³/mol. The van der Waals surface area contributed by atoms with Crippen molar-refractivity contribution in [1.82, 2.24) is 4.90 Å². The molecule has 0 heterocycles. The van der Waals surface area contributed by atoms with E-state index in [-0.39, 0.29) is 0 Å². The molecule has 2 aromatic rings. The molecule has 3 N–H and O–H groups in total. The number of nitrogens with one attached hydrogen (secondary N) is 1. The fraction of sp³-hybridized carbons (Fsp3) is 0.273. The quantitative estimate of drug-likeness (QED) is 0.739. The first-order chi connectivity index (χ1) is 13.0. The SMILES string of the molecule is CN(C)CCOc1ccc(N=CC=C(N)c2ccc3c(c2)CCC3=N)cc1. The predicted octanol–water partition coefficient (Wildman–Crippen LogP) is 3.64. The molecule has 0 amide bonds. The van der Waals surface area contributed by atoms with Gasteiger partial charge in [0.05, 0.1) is 5.69 Å². The minimum Gasteiger partial charge on any atom is -0.492 e. The number of aryl methyl sites for hydroxylation is 1. The van der Waals surface area contributed by atoms with Gasteiger partial charge >= 0.3 is 0 Å². The van der Waals surface area contributed by atoms with Crippen LogP contribution in [0.1, 0.15) is 23.1 Å². The first-order valence-corrected chi connectivity index (χ1v) is 9.11. The van der Waals surface area contributed by atoms with Crippen molar-refractivity contribution in [2.45, 2.75) is 12.8 Å². The van der Waals surface area contributed by atoms with Crippen molar-refractivity contribution in [1.29, 1.82) is 5.41 Å². The molecule has 0 aromatic heterocycles. The van der Waals surface area contributed by atoms with Crippen molar-refractivity contribution in [2.24, 2.45) is 10.7 Å². The molecule has 27 heavy (non-hydrogen) atoms. The molecule has 1 aliphatic rings. The van der Waals surface area contributed by atoms with Crippen LogP contribution in [0.2, 0.25) is 0 Å². The van der Waals surface area contributed by atoms with E-state index in [9.17, 15) is 0 Å². The molecule has 0 radical (unpaired) electrons. The highest BCUT2D eigenvalue weighted by molar-refractivity contribution is 6.02. The fourth-order valence-corrected chi connectivity index (χ4v) is 2.94. The number of allylic oxidation sites excluding steroid dienone is 1. The van der Waals surface area contributed by atoms with Crippen LogP contribution in [-0.4, -0.2) is 44.1 Å². The van der Waals surface area contributed by atoms with Gasteiger partial charge in [0.2, 0.25) is 0 Å². The van der Waals surface area contributed by atoms with E-state index in [1.807, 2.05) is 56.6 Å². The smallest absolute Gasteiger partial charge is 0.119 e. The summed E-state index contributed by atoms with van der Waals surface area (Å²) in [5, 5.41) is 7.91. The van der Waals surface area contributed by atoms with Gasteiger partial charge in [0.25, 0.3) is 0 Å². The molecule has 5 heteroatoms. The van der Waals surface area contributed by atoms with E-state index in [1.165, 1.54) is 5.56 Å². The third-order valence-corrected chi connectivity index (χ3v) is 4.53. The van der Waals surface area contributed by atoms with Crippen molar-refractivity contribution in [3.8, 4) is 5.75 Å². The zero-order valence-electron chi connectivity index (χ0n) is 15.9. The fourth-order valence-electron chi connectivity index (χ4n) is 2.94. The Balaban J connectivity index is 1.60. The third kappa shape index (κ3) is 5.05. The lowest BCUT2D eigenvalue weighted by atomic mass is 10.0. The van der Waals surface area contributed by atoms with Crippen LogP contribution in [0.4, 0.5) is 5.69 Å². The van der Waals surface area contributed by atoms with Gasteiger partial charge in [-0.15, -0.1) is 0 Å². The summed E-state index contributed by atoms with van der Waals surface area (Å²) in [5.74, 6) is 0.842. The highest BCUT2D eigenvalue weighted by Crippen LogP contribution is 2.24. The van der Waals surface area contributed by atoms with Crippen LogP contribution in [-0.2, 0) is 6.42 Å². The number of benzene rings is 2. The molecule has 0 fully saturated rings. The van der Waals surface area contributed by atoms with Crippen molar-refractivity contribution in [2.75, 3.05) is 27.2 Å². The van der Waals surface area contributed by atoms with Gasteiger partial charge in [-0.2, -0.15) is 0 Å². The lowest BCUT2D eigenvalue weighted by molar-refractivity contribution is 0.261. The molecule has 2 aromatic carbocycles. The standard InChI is InChI=1S/C22H26N4O/c1-26(2)13-14-27-19-7-5-18(6-8-19)25-12-11-21(23)17-3-9-20-16(15-17)4-10-22(20)24/h3,5-9,11-12,15,24H,4,10,13-14,23H2,1-2H3. The molecule has 0 atom stereocenters. The summed E-state index contributed by atoms with van der Waals surface area (Å²) in [6.45, 7) is 1.54. The Morgan fingerprint density at radius 1 is 1.19 bits per heavy atom. The van der Waals surface area contributed by atoms with E-state index in [4.69, 9.17) is 15.9 Å². The summed E-state index contributed by atoms with van der Waals surface area (Å²) in [6.07, 6.45) is 5.26. The van der Waals surface area contributed by atoms with Gasteiger partial charge in [-0.05, 0) is 80.0 Å². The van der Waals surface area contributed by atoms with Crippen LogP contribution in [0, 0.1) is 5.41 Å². The van der Waals surface area contributed by atoms with Gasteiger partial charge < -0.3 is 20.8 Å². The minimum absolute atomic E-state index is 0.662. The van der Waals surface area contributed by atoms with E-state index in [1.54, 1.807) is 6.21 Å². The lowest BCUT2D eigenvalue weighted by Gasteiger charge is -2.10. The van der Waals surface area contributed by atoms with Gasteiger partial charge in [0.15, 0.2) is 0 Å². The molecular formula is C22H26N4O. The highest BCUT2D eigenvalue weighted by Gasteiger charge is 2.16. The van der Waals surface area contributed by atoms with Gasteiger partial charge in [-0.3, -0.25) is 4.99 Å². The summed E-state index contributed by atoms with van der Waals surface area (Å²) in [6, 6.07) is 13.7. The molecule has 0 bridgehead atoms. The number of ether oxygens (including phenoxy) is 1. The van der Waals surface area contributed by atoms with Crippen LogP contribution < -0.4 is 10.5 Å². The van der Waals surface area contributed by atoms with Gasteiger partial charge in [0.1, 0.15) is 12.4 Å². The first kappa shape index (κ1) is 18.9. The maximum Gasteiger partial charge on any atom is 0.119 e. The molecule has 0 aliphatic heterocycles. The van der Waals surface area contributed by atoms with E-state index in [0.717, 1.165) is 47.7 Å². The zero-order valence-corrected chi connectivity index (χ0v) is 15.9. The second-order valence-corrected chi connectivity index (χ2v) is 6.90. The van der Waals surface area contributed by atoms with E-state index in [0.29, 0.717) is 12.3 Å². The summed E-state index contributed by atoms with van der Waals surface area (Å²) in [7, 11) is 4.04. The van der Waals surface area contributed by atoms with Crippen molar-refractivity contribution < 1.29 is 4.74 Å². The van der Waals surface area contributed by atoms with E-state index < -0.39 is 0 Å². The number of hydrogen-bond donors (Lipinski definition) is 2. The van der Waals surface area contributed by atoms with E-state index in [2.05, 4.69) is 16.0 Å². The molecule has 1 aliphatic carbocycles. The van der Waals surface area contributed by atoms with Crippen molar-refractivity contribution in [3.63, 3.8) is 0 Å². The summed E-state index contributed by atoms with van der Waals surface area (Å²) >= 11 is 0. The molecule has 5 nitrogen and oxygen atoms in total. The monoisotopic (exact) mass is 362 g/mol. The molecule has 0 unspecified atom stereocenters. The van der Waals surface area contributed by atoms with E-state index >= 15 is 0 Å². The van der Waals surface area contributed by atoms with Gasteiger partial charge in [-0.25, -0.2) is 0 Å². The molecule has 0 spiro atoms. The number of fused-ring (bicyclic) bond motifs is 1. The number of nitrogens with two attached hydrogens (primary N) is 1. The number of nitrogens with zero attached hydrogens (tertiary/aromatic N) is 2. The van der Waals surface area contributed by atoms with Crippen LogP contribution in [0.3, 0.4) is 0 Å². The second kappa shape index (κ2) is 8.64. The van der Waals surface area contributed by atoms with Crippen LogP contribution >= 0.6 is 0 Å².